The Balaban J connectivity index is 2.43. The molecule has 0 aliphatic rings. The highest BCUT2D eigenvalue weighted by Gasteiger charge is 2.12. The molecule has 2 aromatic heterocycles. The van der Waals surface area contributed by atoms with Crippen LogP contribution in [0.2, 0.25) is 5.02 Å². The second-order valence-corrected chi connectivity index (χ2v) is 5.22. The summed E-state index contributed by atoms with van der Waals surface area (Å²) in [4.78, 5) is 9.10. The molecule has 96 valence electrons. The van der Waals surface area contributed by atoms with Crippen molar-refractivity contribution in [1.82, 2.24) is 9.97 Å². The third-order valence-corrected chi connectivity index (χ3v) is 3.93. The van der Waals surface area contributed by atoms with Crippen LogP contribution in [0.1, 0.15) is 11.3 Å². The monoisotopic (exact) mass is 290 g/mol. The van der Waals surface area contributed by atoms with Crippen LogP contribution in [0.5, 0.6) is 0 Å². The summed E-state index contributed by atoms with van der Waals surface area (Å²) in [5.74, 6) is 0.541. The predicted octanol–water partition coefficient (Wildman–Crippen LogP) is 4.53. The van der Waals surface area contributed by atoms with E-state index in [9.17, 15) is 0 Å². The summed E-state index contributed by atoms with van der Waals surface area (Å²) in [6, 6.07) is 7.98. The highest BCUT2D eigenvalue weighted by molar-refractivity contribution is 6.37. The van der Waals surface area contributed by atoms with Gasteiger partial charge in [0.25, 0.3) is 0 Å². The van der Waals surface area contributed by atoms with Crippen molar-refractivity contribution in [2.75, 3.05) is 5.88 Å². The number of hydrogen-bond donors (Lipinski definition) is 0. The zero-order valence-electron chi connectivity index (χ0n) is 10.5. The van der Waals surface area contributed by atoms with Crippen molar-refractivity contribution < 1.29 is 0 Å². The Labute approximate surface area is 121 Å². The zero-order valence-corrected chi connectivity index (χ0v) is 12.0. The molecular formula is C15H12Cl2N2. The number of aromatic nitrogens is 2. The molecule has 1 aromatic carbocycles. The molecule has 0 N–H and O–H groups in total. The van der Waals surface area contributed by atoms with Crippen LogP contribution in [0, 0.1) is 6.92 Å². The Morgan fingerprint density at radius 3 is 2.79 bits per heavy atom. The maximum Gasteiger partial charge on any atom is 0.0982 e. The molecular weight excluding hydrogens is 279 g/mol. The minimum absolute atomic E-state index is 0.541. The van der Waals surface area contributed by atoms with Gasteiger partial charge in [0.15, 0.2) is 0 Å². The number of halogens is 2. The number of pyridine rings is 2. The van der Waals surface area contributed by atoms with E-state index in [1.165, 1.54) is 0 Å². The first-order chi connectivity index (χ1) is 9.22. The molecule has 0 saturated heterocycles. The lowest BCUT2D eigenvalue weighted by Gasteiger charge is -2.11. The summed E-state index contributed by atoms with van der Waals surface area (Å²) >= 11 is 12.3. The molecule has 0 amide bonds. The number of alkyl halides is 1. The fraction of sp³-hybridized carbons (Fsp3) is 0.200. The molecule has 0 fully saturated rings. The van der Waals surface area contributed by atoms with Gasteiger partial charge in [0.2, 0.25) is 0 Å². The van der Waals surface area contributed by atoms with Gasteiger partial charge in [-0.2, -0.15) is 0 Å². The van der Waals surface area contributed by atoms with Crippen LogP contribution >= 0.6 is 23.2 Å². The van der Waals surface area contributed by atoms with Crippen molar-refractivity contribution in [2.24, 2.45) is 0 Å². The third kappa shape index (κ3) is 2.05. The van der Waals surface area contributed by atoms with Crippen LogP contribution in [-0.2, 0) is 6.42 Å². The van der Waals surface area contributed by atoms with Crippen molar-refractivity contribution in [3.63, 3.8) is 0 Å². The highest BCUT2D eigenvalue weighted by Crippen LogP contribution is 2.32. The summed E-state index contributed by atoms with van der Waals surface area (Å²) in [6.45, 7) is 1.97. The van der Waals surface area contributed by atoms with Crippen molar-refractivity contribution in [2.45, 2.75) is 13.3 Å². The summed E-state index contributed by atoms with van der Waals surface area (Å²) in [6.07, 6.45) is 2.51. The van der Waals surface area contributed by atoms with E-state index in [1.54, 1.807) is 6.20 Å². The second kappa shape index (κ2) is 4.95. The van der Waals surface area contributed by atoms with Crippen LogP contribution in [-0.4, -0.2) is 15.8 Å². The highest BCUT2D eigenvalue weighted by atomic mass is 35.5. The van der Waals surface area contributed by atoms with E-state index in [0.717, 1.165) is 44.5 Å². The zero-order chi connectivity index (χ0) is 13.4. The lowest BCUT2D eigenvalue weighted by Crippen LogP contribution is -1.98. The van der Waals surface area contributed by atoms with Crippen LogP contribution in [0.25, 0.3) is 21.8 Å². The topological polar surface area (TPSA) is 25.8 Å². The van der Waals surface area contributed by atoms with E-state index in [0.29, 0.717) is 5.88 Å². The van der Waals surface area contributed by atoms with Gasteiger partial charge >= 0.3 is 0 Å². The number of hydrogen-bond acceptors (Lipinski definition) is 2. The number of aryl methyl sites for hydroxylation is 1. The van der Waals surface area contributed by atoms with Gasteiger partial charge in [0, 0.05) is 28.5 Å². The summed E-state index contributed by atoms with van der Waals surface area (Å²) in [7, 11) is 0. The molecule has 0 saturated carbocycles. The van der Waals surface area contributed by atoms with Gasteiger partial charge in [-0.15, -0.1) is 11.6 Å². The average molecular weight is 291 g/mol. The van der Waals surface area contributed by atoms with Gasteiger partial charge in [-0.05, 0) is 25.0 Å². The van der Waals surface area contributed by atoms with E-state index in [-0.39, 0.29) is 0 Å². The number of benzene rings is 1. The molecule has 4 heteroatoms. The quantitative estimate of drug-likeness (QED) is 0.512. The maximum absolute atomic E-state index is 6.50. The smallest absolute Gasteiger partial charge is 0.0982 e. The van der Waals surface area contributed by atoms with E-state index in [2.05, 4.69) is 9.97 Å². The largest absolute Gasteiger partial charge is 0.254 e. The summed E-state index contributed by atoms with van der Waals surface area (Å²) < 4.78 is 0. The van der Waals surface area contributed by atoms with Gasteiger partial charge in [-0.25, -0.2) is 0 Å². The van der Waals surface area contributed by atoms with Crippen molar-refractivity contribution in [1.29, 1.82) is 0 Å². The Kier molecular flexibility index (Phi) is 3.29. The first-order valence-electron chi connectivity index (χ1n) is 6.10. The summed E-state index contributed by atoms with van der Waals surface area (Å²) in [5.41, 5.74) is 3.71. The van der Waals surface area contributed by atoms with E-state index >= 15 is 0 Å². The molecule has 3 rings (SSSR count). The molecule has 0 bridgehead atoms. The Morgan fingerprint density at radius 2 is 2.00 bits per heavy atom. The normalized spacial score (nSPS) is 11.3. The Hall–Kier alpha value is -1.38. The first kappa shape index (κ1) is 12.6. The van der Waals surface area contributed by atoms with Gasteiger partial charge < -0.3 is 0 Å². The van der Waals surface area contributed by atoms with Crippen LogP contribution in [0.15, 0.2) is 30.5 Å². The lowest BCUT2D eigenvalue weighted by molar-refractivity contribution is 1.08. The van der Waals surface area contributed by atoms with Gasteiger partial charge in [0.05, 0.1) is 16.1 Å². The van der Waals surface area contributed by atoms with Crippen molar-refractivity contribution >= 4 is 45.0 Å². The van der Waals surface area contributed by atoms with Crippen LogP contribution in [0.4, 0.5) is 0 Å². The van der Waals surface area contributed by atoms with Crippen molar-refractivity contribution in [3.05, 3.63) is 46.7 Å². The molecule has 2 nitrogen and oxygen atoms in total. The molecule has 2 heterocycles. The lowest BCUT2D eigenvalue weighted by atomic mass is 10.1. The number of rotatable bonds is 2. The van der Waals surface area contributed by atoms with Crippen LogP contribution in [0.3, 0.4) is 0 Å². The number of nitrogens with zero attached hydrogens (tertiary/aromatic N) is 2. The van der Waals surface area contributed by atoms with E-state index in [4.69, 9.17) is 23.2 Å². The predicted molar refractivity (Wildman–Crippen MR) is 81.2 cm³/mol. The Bertz CT molecular complexity index is 769. The van der Waals surface area contributed by atoms with Gasteiger partial charge in [-0.3, -0.25) is 9.97 Å². The second-order valence-electron chi connectivity index (χ2n) is 4.47. The number of fused-ring (bicyclic) bond motifs is 3. The Morgan fingerprint density at radius 1 is 1.16 bits per heavy atom. The van der Waals surface area contributed by atoms with Crippen LogP contribution < -0.4 is 0 Å². The minimum Gasteiger partial charge on any atom is -0.254 e. The van der Waals surface area contributed by atoms with Gasteiger partial charge in [-0.1, -0.05) is 29.8 Å². The van der Waals surface area contributed by atoms with Crippen molar-refractivity contribution in [3.8, 4) is 0 Å². The molecule has 19 heavy (non-hydrogen) atoms. The molecule has 0 aliphatic carbocycles. The first-order valence-corrected chi connectivity index (χ1v) is 7.02. The minimum atomic E-state index is 0.541. The average Bonchev–Trinajstić information content (AvgIpc) is 2.43. The fourth-order valence-corrected chi connectivity index (χ4v) is 2.93. The molecule has 0 spiro atoms. The third-order valence-electron chi connectivity index (χ3n) is 3.31. The summed E-state index contributed by atoms with van der Waals surface area (Å²) in [5, 5.41) is 2.76. The van der Waals surface area contributed by atoms with Gasteiger partial charge in [0.1, 0.15) is 0 Å². The van der Waals surface area contributed by atoms with E-state index < -0.39 is 0 Å². The maximum atomic E-state index is 6.50. The standard InChI is InChI=1S/C15H12Cl2N2/c1-9-11(6-7-16)13(17)12-5-4-10-3-2-8-18-14(10)15(12)19-9/h2-5,8H,6-7H2,1H3. The molecule has 0 aliphatic heterocycles. The molecule has 0 radical (unpaired) electrons. The molecule has 0 unspecified atom stereocenters. The van der Waals surface area contributed by atoms with E-state index in [1.807, 2.05) is 31.2 Å². The molecule has 3 aromatic rings. The molecule has 0 atom stereocenters. The fourth-order valence-electron chi connectivity index (χ4n) is 2.36. The SMILES string of the molecule is Cc1nc2c(ccc3cccnc32)c(Cl)c1CCCl.